The summed E-state index contributed by atoms with van der Waals surface area (Å²) in [6, 6.07) is 1.03. The largest absolute Gasteiger partial charge is 0.481 e. The molecule has 6 heteroatoms. The number of anilines is 1. The third-order valence-corrected chi connectivity index (χ3v) is 3.92. The van der Waals surface area contributed by atoms with Crippen molar-refractivity contribution in [1.29, 1.82) is 0 Å². The minimum Gasteiger partial charge on any atom is -0.481 e. The summed E-state index contributed by atoms with van der Waals surface area (Å²) >= 11 is 0. The zero-order chi connectivity index (χ0) is 13.9. The van der Waals surface area contributed by atoms with Crippen LogP contribution in [0.2, 0.25) is 0 Å². The van der Waals surface area contributed by atoms with E-state index < -0.39 is 0 Å². The third kappa shape index (κ3) is 2.86. The molecule has 6 nitrogen and oxygen atoms in total. The molecular formula is C14H22N4O2. The molecule has 1 saturated carbocycles. The molecule has 1 aliphatic heterocycles. The van der Waals surface area contributed by atoms with Crippen molar-refractivity contribution in [3.63, 3.8) is 0 Å². The average Bonchev–Trinajstić information content (AvgIpc) is 3.30. The van der Waals surface area contributed by atoms with Crippen molar-refractivity contribution < 1.29 is 9.47 Å². The molecule has 1 saturated heterocycles. The van der Waals surface area contributed by atoms with Gasteiger partial charge in [-0.3, -0.25) is 0 Å². The predicted molar refractivity (Wildman–Crippen MR) is 76.3 cm³/mol. The SMILES string of the molecule is COc1ncnc(N2CCOCC2CNC2CC2)c1C. The summed E-state index contributed by atoms with van der Waals surface area (Å²) in [6.45, 7) is 5.29. The van der Waals surface area contributed by atoms with Gasteiger partial charge in [0.05, 0.1) is 31.9 Å². The summed E-state index contributed by atoms with van der Waals surface area (Å²) in [5, 5.41) is 3.58. The highest BCUT2D eigenvalue weighted by Crippen LogP contribution is 2.26. The standard InChI is InChI=1S/C14H22N4O2/c1-10-13(16-9-17-14(10)19-2)18-5-6-20-8-12(18)7-15-11-3-4-11/h9,11-12,15H,3-8H2,1-2H3. The van der Waals surface area contributed by atoms with Gasteiger partial charge >= 0.3 is 0 Å². The maximum atomic E-state index is 5.63. The van der Waals surface area contributed by atoms with E-state index >= 15 is 0 Å². The number of nitrogens with one attached hydrogen (secondary N) is 1. The van der Waals surface area contributed by atoms with Gasteiger partial charge in [-0.1, -0.05) is 0 Å². The van der Waals surface area contributed by atoms with Crippen LogP contribution in [0.4, 0.5) is 5.82 Å². The van der Waals surface area contributed by atoms with Gasteiger partial charge in [0.15, 0.2) is 0 Å². The number of nitrogens with zero attached hydrogens (tertiary/aromatic N) is 3. The van der Waals surface area contributed by atoms with Gasteiger partial charge in [-0.2, -0.15) is 0 Å². The van der Waals surface area contributed by atoms with E-state index in [1.807, 2.05) is 6.92 Å². The summed E-state index contributed by atoms with van der Waals surface area (Å²) in [6.07, 6.45) is 4.17. The first-order chi connectivity index (χ1) is 9.79. The van der Waals surface area contributed by atoms with Crippen molar-refractivity contribution >= 4 is 5.82 Å². The van der Waals surface area contributed by atoms with Crippen LogP contribution in [0, 0.1) is 6.92 Å². The van der Waals surface area contributed by atoms with E-state index in [4.69, 9.17) is 9.47 Å². The van der Waals surface area contributed by atoms with E-state index in [0.29, 0.717) is 18.0 Å². The van der Waals surface area contributed by atoms with Crippen LogP contribution in [0.25, 0.3) is 0 Å². The number of ether oxygens (including phenoxy) is 2. The number of rotatable bonds is 5. The lowest BCUT2D eigenvalue weighted by Gasteiger charge is -2.37. The van der Waals surface area contributed by atoms with Crippen LogP contribution >= 0.6 is 0 Å². The highest BCUT2D eigenvalue weighted by molar-refractivity contribution is 5.51. The molecule has 2 fully saturated rings. The Morgan fingerprint density at radius 1 is 1.45 bits per heavy atom. The molecule has 2 aliphatic rings. The maximum Gasteiger partial charge on any atom is 0.221 e. The Balaban J connectivity index is 1.77. The van der Waals surface area contributed by atoms with E-state index in [2.05, 4.69) is 20.2 Å². The van der Waals surface area contributed by atoms with Crippen LogP contribution in [0.3, 0.4) is 0 Å². The van der Waals surface area contributed by atoms with Crippen LogP contribution < -0.4 is 15.0 Å². The zero-order valence-electron chi connectivity index (χ0n) is 12.1. The zero-order valence-corrected chi connectivity index (χ0v) is 12.1. The summed E-state index contributed by atoms with van der Waals surface area (Å²) in [5.41, 5.74) is 0.994. The van der Waals surface area contributed by atoms with Crippen molar-refractivity contribution in [2.45, 2.75) is 31.8 Å². The molecular weight excluding hydrogens is 256 g/mol. The Morgan fingerprint density at radius 2 is 2.30 bits per heavy atom. The van der Waals surface area contributed by atoms with Crippen molar-refractivity contribution in [2.24, 2.45) is 0 Å². The average molecular weight is 278 g/mol. The minimum absolute atomic E-state index is 0.322. The van der Waals surface area contributed by atoms with Gasteiger partial charge in [0.1, 0.15) is 12.1 Å². The van der Waals surface area contributed by atoms with Crippen molar-refractivity contribution in [3.8, 4) is 5.88 Å². The lowest BCUT2D eigenvalue weighted by molar-refractivity contribution is 0.0931. The first kappa shape index (κ1) is 13.6. The van der Waals surface area contributed by atoms with Crippen LogP contribution in [0.5, 0.6) is 5.88 Å². The van der Waals surface area contributed by atoms with Crippen molar-refractivity contribution in [2.75, 3.05) is 38.3 Å². The van der Waals surface area contributed by atoms with Gasteiger partial charge in [0.25, 0.3) is 0 Å². The molecule has 1 aliphatic carbocycles. The molecule has 20 heavy (non-hydrogen) atoms. The summed E-state index contributed by atoms with van der Waals surface area (Å²) in [4.78, 5) is 10.9. The molecule has 3 rings (SSSR count). The third-order valence-electron chi connectivity index (χ3n) is 3.92. The minimum atomic E-state index is 0.322. The smallest absolute Gasteiger partial charge is 0.221 e. The van der Waals surface area contributed by atoms with Gasteiger partial charge in [-0.25, -0.2) is 9.97 Å². The van der Waals surface area contributed by atoms with E-state index in [0.717, 1.165) is 37.7 Å². The Morgan fingerprint density at radius 3 is 3.05 bits per heavy atom. The number of hydrogen-bond donors (Lipinski definition) is 1. The summed E-state index contributed by atoms with van der Waals surface area (Å²) in [5.74, 6) is 1.61. The monoisotopic (exact) mass is 278 g/mol. The molecule has 0 spiro atoms. The van der Waals surface area contributed by atoms with Crippen LogP contribution in [-0.2, 0) is 4.74 Å². The predicted octanol–water partition coefficient (Wildman–Crippen LogP) is 0.751. The second-order valence-electron chi connectivity index (χ2n) is 5.44. The van der Waals surface area contributed by atoms with E-state index in [1.54, 1.807) is 13.4 Å². The van der Waals surface area contributed by atoms with Gasteiger partial charge in [-0.05, 0) is 19.8 Å². The fraction of sp³-hybridized carbons (Fsp3) is 0.714. The molecule has 0 aromatic carbocycles. The fourth-order valence-corrected chi connectivity index (χ4v) is 2.61. The van der Waals surface area contributed by atoms with E-state index in [-0.39, 0.29) is 0 Å². The number of morpholine rings is 1. The normalized spacial score (nSPS) is 22.9. The molecule has 1 unspecified atom stereocenters. The fourth-order valence-electron chi connectivity index (χ4n) is 2.61. The van der Waals surface area contributed by atoms with Gasteiger partial charge < -0.3 is 19.7 Å². The first-order valence-corrected chi connectivity index (χ1v) is 7.23. The van der Waals surface area contributed by atoms with E-state index in [9.17, 15) is 0 Å². The second-order valence-corrected chi connectivity index (χ2v) is 5.44. The molecule has 1 atom stereocenters. The second kappa shape index (κ2) is 5.93. The molecule has 0 bridgehead atoms. The molecule has 0 amide bonds. The molecule has 1 aromatic rings. The Labute approximate surface area is 119 Å². The van der Waals surface area contributed by atoms with Gasteiger partial charge in [0, 0.05) is 19.1 Å². The van der Waals surface area contributed by atoms with Crippen molar-refractivity contribution in [1.82, 2.24) is 15.3 Å². The molecule has 1 N–H and O–H groups in total. The Bertz CT molecular complexity index is 464. The number of methoxy groups -OCH3 is 1. The van der Waals surface area contributed by atoms with Crippen LogP contribution in [-0.4, -0.2) is 55.5 Å². The summed E-state index contributed by atoms with van der Waals surface area (Å²) < 4.78 is 10.9. The van der Waals surface area contributed by atoms with Gasteiger partial charge in [0.2, 0.25) is 5.88 Å². The first-order valence-electron chi connectivity index (χ1n) is 7.23. The maximum absolute atomic E-state index is 5.63. The highest BCUT2D eigenvalue weighted by atomic mass is 16.5. The highest BCUT2D eigenvalue weighted by Gasteiger charge is 2.29. The van der Waals surface area contributed by atoms with Crippen molar-refractivity contribution in [3.05, 3.63) is 11.9 Å². The molecule has 110 valence electrons. The van der Waals surface area contributed by atoms with Gasteiger partial charge in [-0.15, -0.1) is 0 Å². The lowest BCUT2D eigenvalue weighted by atomic mass is 10.2. The topological polar surface area (TPSA) is 59.5 Å². The number of hydrogen-bond acceptors (Lipinski definition) is 6. The Hall–Kier alpha value is -1.40. The molecule has 1 aromatic heterocycles. The Kier molecular flexibility index (Phi) is 4.03. The van der Waals surface area contributed by atoms with Crippen LogP contribution in [0.1, 0.15) is 18.4 Å². The van der Waals surface area contributed by atoms with E-state index in [1.165, 1.54) is 12.8 Å². The molecule has 0 radical (unpaired) electrons. The van der Waals surface area contributed by atoms with Crippen LogP contribution in [0.15, 0.2) is 6.33 Å². The lowest BCUT2D eigenvalue weighted by Crippen LogP contribution is -2.51. The molecule has 2 heterocycles. The summed E-state index contributed by atoms with van der Waals surface area (Å²) in [7, 11) is 1.64. The number of aromatic nitrogens is 2. The quantitative estimate of drug-likeness (QED) is 0.858.